The first kappa shape index (κ1) is 16.0. The number of esters is 1. The predicted octanol–water partition coefficient (Wildman–Crippen LogP) is 2.52. The summed E-state index contributed by atoms with van der Waals surface area (Å²) in [5.74, 6) is 0.117. The molecule has 0 aromatic heterocycles. The van der Waals surface area contributed by atoms with Crippen LogP contribution in [0.5, 0.6) is 0 Å². The first-order chi connectivity index (χ1) is 8.99. The van der Waals surface area contributed by atoms with Crippen LogP contribution in [-0.4, -0.2) is 24.5 Å². The van der Waals surface area contributed by atoms with E-state index in [1.54, 1.807) is 6.92 Å². The average molecular weight is 269 g/mol. The Morgan fingerprint density at radius 1 is 1.26 bits per heavy atom. The maximum atomic E-state index is 11.7. The molecule has 1 aliphatic rings. The topological polar surface area (TPSA) is 55.4 Å². The molecule has 110 valence electrons. The normalized spacial score (nSPS) is 27.1. The van der Waals surface area contributed by atoms with Gasteiger partial charge in [0.25, 0.3) is 0 Å². The molecule has 0 saturated heterocycles. The maximum Gasteiger partial charge on any atom is 0.397 e. The summed E-state index contributed by atoms with van der Waals surface area (Å²) in [6, 6.07) is 0. The van der Waals surface area contributed by atoms with Gasteiger partial charge in [0.05, 0.1) is 0 Å². The molecule has 0 aromatic carbocycles. The van der Waals surface area contributed by atoms with Crippen molar-refractivity contribution < 1.29 is 14.3 Å². The lowest BCUT2D eigenvalue weighted by Crippen LogP contribution is -2.40. The molecule has 0 radical (unpaired) electrons. The minimum Gasteiger partial charge on any atom is -0.455 e. The molecule has 1 N–H and O–H groups in total. The number of carbonyl (C=O) groups is 2. The molecule has 0 spiro atoms. The van der Waals surface area contributed by atoms with E-state index in [4.69, 9.17) is 4.74 Å². The Morgan fingerprint density at radius 2 is 1.95 bits per heavy atom. The van der Waals surface area contributed by atoms with Crippen molar-refractivity contribution >= 4 is 11.9 Å². The van der Waals surface area contributed by atoms with Crippen LogP contribution in [0, 0.1) is 17.8 Å². The first-order valence-electron chi connectivity index (χ1n) is 7.48. The number of amides is 1. The first-order valence-corrected chi connectivity index (χ1v) is 7.48. The summed E-state index contributed by atoms with van der Waals surface area (Å²) in [4.78, 5) is 23.2. The molecule has 0 aromatic rings. The molecule has 0 aliphatic heterocycles. The molecule has 1 aliphatic carbocycles. The summed E-state index contributed by atoms with van der Waals surface area (Å²) in [5.41, 5.74) is 0. The quantitative estimate of drug-likeness (QED) is 0.630. The second kappa shape index (κ2) is 7.51. The molecular weight excluding hydrogens is 242 g/mol. The van der Waals surface area contributed by atoms with Gasteiger partial charge in [-0.25, -0.2) is 4.79 Å². The molecule has 1 amide bonds. The van der Waals surface area contributed by atoms with Gasteiger partial charge in [-0.2, -0.15) is 0 Å². The van der Waals surface area contributed by atoms with Crippen LogP contribution in [0.25, 0.3) is 0 Å². The smallest absolute Gasteiger partial charge is 0.397 e. The number of carbonyl (C=O) groups excluding carboxylic acids is 2. The van der Waals surface area contributed by atoms with Gasteiger partial charge in [0, 0.05) is 6.54 Å². The third kappa shape index (κ3) is 4.51. The lowest BCUT2D eigenvalue weighted by molar-refractivity contribution is -0.164. The van der Waals surface area contributed by atoms with Gasteiger partial charge in [-0.15, -0.1) is 0 Å². The Labute approximate surface area is 116 Å². The summed E-state index contributed by atoms with van der Waals surface area (Å²) in [6.07, 6.45) is 4.19. The fourth-order valence-electron chi connectivity index (χ4n) is 2.93. The van der Waals surface area contributed by atoms with Crippen molar-refractivity contribution in [3.63, 3.8) is 0 Å². The zero-order valence-corrected chi connectivity index (χ0v) is 12.6. The molecule has 3 atom stereocenters. The van der Waals surface area contributed by atoms with Gasteiger partial charge in [-0.05, 0) is 43.9 Å². The van der Waals surface area contributed by atoms with Crippen molar-refractivity contribution in [1.29, 1.82) is 0 Å². The standard InChI is InChI=1S/C15H27NO3/c1-5-11-7-8-12(10(3)4)13(9-11)19-15(18)14(17)16-6-2/h10-13H,5-9H2,1-4H3,(H,16,17)/t11-,12+,13-/m1/s1. The van der Waals surface area contributed by atoms with Crippen LogP contribution in [0.15, 0.2) is 0 Å². The van der Waals surface area contributed by atoms with Crippen LogP contribution >= 0.6 is 0 Å². The van der Waals surface area contributed by atoms with E-state index in [9.17, 15) is 9.59 Å². The molecular formula is C15H27NO3. The van der Waals surface area contributed by atoms with Gasteiger partial charge >= 0.3 is 11.9 Å². The van der Waals surface area contributed by atoms with Gasteiger partial charge < -0.3 is 10.1 Å². The van der Waals surface area contributed by atoms with Crippen molar-refractivity contribution in [3.05, 3.63) is 0 Å². The van der Waals surface area contributed by atoms with Crippen LogP contribution in [-0.2, 0) is 14.3 Å². The van der Waals surface area contributed by atoms with E-state index in [0.29, 0.717) is 24.3 Å². The molecule has 0 unspecified atom stereocenters. The Balaban J connectivity index is 2.64. The number of rotatable bonds is 4. The molecule has 1 fully saturated rings. The van der Waals surface area contributed by atoms with Crippen LogP contribution < -0.4 is 5.32 Å². The summed E-state index contributed by atoms with van der Waals surface area (Å²) in [6.45, 7) is 8.72. The number of likely N-dealkylation sites (N-methyl/N-ethyl adjacent to an activating group) is 1. The molecule has 0 bridgehead atoms. The van der Waals surface area contributed by atoms with Crippen molar-refractivity contribution in [3.8, 4) is 0 Å². The molecule has 19 heavy (non-hydrogen) atoms. The molecule has 4 heteroatoms. The monoisotopic (exact) mass is 269 g/mol. The minimum atomic E-state index is -0.728. The lowest BCUT2D eigenvalue weighted by atomic mass is 9.74. The van der Waals surface area contributed by atoms with Gasteiger partial charge in [0.2, 0.25) is 0 Å². The van der Waals surface area contributed by atoms with Crippen molar-refractivity contribution in [2.45, 2.75) is 59.5 Å². The van der Waals surface area contributed by atoms with Crippen LogP contribution in [0.1, 0.15) is 53.4 Å². The Kier molecular flexibility index (Phi) is 6.32. The van der Waals surface area contributed by atoms with Gasteiger partial charge in [-0.3, -0.25) is 4.79 Å². The van der Waals surface area contributed by atoms with Crippen molar-refractivity contribution in [2.75, 3.05) is 6.54 Å². The second-order valence-electron chi connectivity index (χ2n) is 5.80. The fourth-order valence-corrected chi connectivity index (χ4v) is 2.93. The third-order valence-corrected chi connectivity index (χ3v) is 4.17. The molecule has 0 heterocycles. The zero-order chi connectivity index (χ0) is 14.4. The highest BCUT2D eigenvalue weighted by Gasteiger charge is 2.35. The van der Waals surface area contributed by atoms with E-state index >= 15 is 0 Å². The molecule has 1 saturated carbocycles. The Hall–Kier alpha value is -1.06. The van der Waals surface area contributed by atoms with E-state index in [0.717, 1.165) is 19.3 Å². The average Bonchev–Trinajstić information content (AvgIpc) is 2.38. The van der Waals surface area contributed by atoms with E-state index in [1.165, 1.54) is 6.42 Å². The summed E-state index contributed by atoms with van der Waals surface area (Å²) in [7, 11) is 0. The van der Waals surface area contributed by atoms with Crippen LogP contribution in [0.3, 0.4) is 0 Å². The number of ether oxygens (including phenoxy) is 1. The fraction of sp³-hybridized carbons (Fsp3) is 0.867. The van der Waals surface area contributed by atoms with E-state index in [-0.39, 0.29) is 6.10 Å². The molecule has 1 rings (SSSR count). The maximum absolute atomic E-state index is 11.7. The highest BCUT2D eigenvalue weighted by Crippen LogP contribution is 2.36. The zero-order valence-electron chi connectivity index (χ0n) is 12.6. The summed E-state index contributed by atoms with van der Waals surface area (Å²) in [5, 5.41) is 2.49. The van der Waals surface area contributed by atoms with Gasteiger partial charge in [-0.1, -0.05) is 27.2 Å². The number of hydrogen-bond donors (Lipinski definition) is 1. The van der Waals surface area contributed by atoms with Crippen LogP contribution in [0.2, 0.25) is 0 Å². The van der Waals surface area contributed by atoms with Gasteiger partial charge in [0.15, 0.2) is 0 Å². The van der Waals surface area contributed by atoms with E-state index < -0.39 is 11.9 Å². The molecule has 4 nitrogen and oxygen atoms in total. The Morgan fingerprint density at radius 3 is 2.47 bits per heavy atom. The highest BCUT2D eigenvalue weighted by atomic mass is 16.5. The SMILES string of the molecule is CCNC(=O)C(=O)O[C@@H]1C[C@H](CC)CC[C@H]1C(C)C. The van der Waals surface area contributed by atoms with Crippen LogP contribution in [0.4, 0.5) is 0 Å². The minimum absolute atomic E-state index is 0.103. The summed E-state index contributed by atoms with van der Waals surface area (Å²) < 4.78 is 5.46. The largest absolute Gasteiger partial charge is 0.455 e. The second-order valence-corrected chi connectivity index (χ2v) is 5.80. The number of nitrogens with one attached hydrogen (secondary N) is 1. The highest BCUT2D eigenvalue weighted by molar-refractivity contribution is 6.32. The summed E-state index contributed by atoms with van der Waals surface area (Å²) >= 11 is 0. The van der Waals surface area contributed by atoms with Gasteiger partial charge in [0.1, 0.15) is 6.10 Å². The van der Waals surface area contributed by atoms with E-state index in [1.807, 2.05) is 0 Å². The Bertz CT molecular complexity index is 315. The lowest BCUT2D eigenvalue weighted by Gasteiger charge is -2.37. The predicted molar refractivity (Wildman–Crippen MR) is 74.5 cm³/mol. The third-order valence-electron chi connectivity index (χ3n) is 4.17. The van der Waals surface area contributed by atoms with Crippen molar-refractivity contribution in [1.82, 2.24) is 5.32 Å². The van der Waals surface area contributed by atoms with E-state index in [2.05, 4.69) is 26.1 Å². The number of hydrogen-bond acceptors (Lipinski definition) is 3. The van der Waals surface area contributed by atoms with Crippen molar-refractivity contribution in [2.24, 2.45) is 17.8 Å².